The van der Waals surface area contributed by atoms with Crippen LogP contribution in [0.5, 0.6) is 5.75 Å². The van der Waals surface area contributed by atoms with Crippen LogP contribution in [0.4, 0.5) is 14.5 Å². The molecule has 2 fully saturated rings. The summed E-state index contributed by atoms with van der Waals surface area (Å²) >= 11 is 0. The van der Waals surface area contributed by atoms with Crippen molar-refractivity contribution < 1.29 is 13.5 Å². The van der Waals surface area contributed by atoms with Gasteiger partial charge in [0, 0.05) is 55.0 Å². The van der Waals surface area contributed by atoms with Crippen LogP contribution >= 0.6 is 0 Å². The lowest BCUT2D eigenvalue weighted by molar-refractivity contribution is -0.146. The highest BCUT2D eigenvalue weighted by atomic mass is 19.3. The van der Waals surface area contributed by atoms with Gasteiger partial charge in [0.15, 0.2) is 5.75 Å². The molecule has 0 spiro atoms. The largest absolute Gasteiger partial charge is 0.494 e. The number of alkyl halides is 2. The van der Waals surface area contributed by atoms with E-state index >= 15 is 0 Å². The number of pyridine rings is 1. The highest BCUT2D eigenvalue weighted by molar-refractivity contribution is 5.99. The summed E-state index contributed by atoms with van der Waals surface area (Å²) in [6.07, 6.45) is 3.75. The van der Waals surface area contributed by atoms with E-state index in [-0.39, 0.29) is 0 Å². The second-order valence-corrected chi connectivity index (χ2v) is 10.2. The van der Waals surface area contributed by atoms with Crippen LogP contribution in [-0.2, 0) is 0 Å². The molecule has 2 aliphatic rings. The third kappa shape index (κ3) is 4.28. The molecule has 36 heavy (non-hydrogen) atoms. The molecule has 3 aromatic rings. The van der Waals surface area contributed by atoms with Crippen molar-refractivity contribution in [2.45, 2.75) is 38.7 Å². The number of halogens is 2. The first-order chi connectivity index (χ1) is 17.3. The van der Waals surface area contributed by atoms with Crippen LogP contribution < -0.4 is 9.64 Å². The summed E-state index contributed by atoms with van der Waals surface area (Å²) in [5.41, 5.74) is 4.43. The van der Waals surface area contributed by atoms with Crippen molar-refractivity contribution in [1.82, 2.24) is 9.88 Å². The minimum Gasteiger partial charge on any atom is -0.494 e. The van der Waals surface area contributed by atoms with E-state index in [1.54, 1.807) is 21.0 Å². The van der Waals surface area contributed by atoms with Gasteiger partial charge in [0.25, 0.3) is 5.92 Å². The average molecular weight is 491 g/mol. The standard InChI is InChI=1S/C29H32F2N4O/c1-19-17-35(18-20(2)29(19,30)31)23-11-13-34(14-12-23)26-16-33-27-24(5-4-6-25(27)28(26)36-3)22-9-7-21(15-32)8-10-22/h4-10,16,19-20,23H,11-14,17-18H2,1-3H3. The van der Waals surface area contributed by atoms with Gasteiger partial charge in [-0.2, -0.15) is 5.26 Å². The van der Waals surface area contributed by atoms with Crippen LogP contribution in [-0.4, -0.2) is 55.1 Å². The molecule has 5 rings (SSSR count). The molecule has 2 aromatic carbocycles. The van der Waals surface area contributed by atoms with Gasteiger partial charge < -0.3 is 9.64 Å². The van der Waals surface area contributed by atoms with Gasteiger partial charge in [-0.15, -0.1) is 0 Å². The fraction of sp³-hybridized carbons (Fsp3) is 0.448. The zero-order chi connectivity index (χ0) is 25.4. The average Bonchev–Trinajstić information content (AvgIpc) is 2.91. The third-order valence-electron chi connectivity index (χ3n) is 8.01. The molecule has 0 aliphatic carbocycles. The van der Waals surface area contributed by atoms with Crippen molar-refractivity contribution in [2.75, 3.05) is 38.2 Å². The molecule has 0 radical (unpaired) electrons. The Morgan fingerprint density at radius 3 is 2.31 bits per heavy atom. The fourth-order valence-electron chi connectivity index (χ4n) is 5.86. The molecule has 5 nitrogen and oxygen atoms in total. The van der Waals surface area contributed by atoms with Crippen LogP contribution in [0, 0.1) is 23.2 Å². The van der Waals surface area contributed by atoms with Gasteiger partial charge in [-0.3, -0.25) is 9.88 Å². The van der Waals surface area contributed by atoms with Gasteiger partial charge >= 0.3 is 0 Å². The number of nitrogens with zero attached hydrogens (tertiary/aromatic N) is 4. The van der Waals surface area contributed by atoms with E-state index in [0.29, 0.717) is 24.7 Å². The van der Waals surface area contributed by atoms with E-state index in [4.69, 9.17) is 15.0 Å². The van der Waals surface area contributed by atoms with Crippen molar-refractivity contribution in [3.63, 3.8) is 0 Å². The number of likely N-dealkylation sites (tertiary alicyclic amines) is 1. The molecule has 0 bridgehead atoms. The van der Waals surface area contributed by atoms with Crippen molar-refractivity contribution in [3.8, 4) is 22.9 Å². The Kier molecular flexibility index (Phi) is 6.57. The maximum Gasteiger partial charge on any atom is 0.255 e. The molecular weight excluding hydrogens is 458 g/mol. The number of rotatable bonds is 4. The highest BCUT2D eigenvalue weighted by Gasteiger charge is 2.48. The maximum absolute atomic E-state index is 14.3. The number of methoxy groups -OCH3 is 1. The molecule has 0 amide bonds. The van der Waals surface area contributed by atoms with Crippen molar-refractivity contribution in [3.05, 3.63) is 54.2 Å². The predicted octanol–water partition coefficient (Wildman–Crippen LogP) is 5.97. The van der Waals surface area contributed by atoms with Gasteiger partial charge in [-0.1, -0.05) is 38.1 Å². The number of fused-ring (bicyclic) bond motifs is 1. The molecule has 1 aromatic heterocycles. The Balaban J connectivity index is 1.37. The Labute approximate surface area is 211 Å². The van der Waals surface area contributed by atoms with Crippen molar-refractivity contribution in [1.29, 1.82) is 5.26 Å². The van der Waals surface area contributed by atoms with Gasteiger partial charge in [0.2, 0.25) is 0 Å². The second-order valence-electron chi connectivity index (χ2n) is 10.2. The molecule has 0 N–H and O–H groups in total. The Hall–Kier alpha value is -3.24. The minimum absolute atomic E-state index is 0.324. The van der Waals surface area contributed by atoms with Gasteiger partial charge in [0.1, 0.15) is 0 Å². The van der Waals surface area contributed by atoms with E-state index in [9.17, 15) is 8.78 Å². The summed E-state index contributed by atoms with van der Waals surface area (Å²) in [5.74, 6) is -3.02. The summed E-state index contributed by atoms with van der Waals surface area (Å²) in [4.78, 5) is 9.44. The number of benzene rings is 2. The van der Waals surface area contributed by atoms with Gasteiger partial charge in [0.05, 0.1) is 36.1 Å². The predicted molar refractivity (Wildman–Crippen MR) is 139 cm³/mol. The number of nitriles is 1. The van der Waals surface area contributed by atoms with E-state index < -0.39 is 17.8 Å². The van der Waals surface area contributed by atoms with Crippen molar-refractivity contribution >= 4 is 16.6 Å². The molecule has 0 saturated carbocycles. The fourth-order valence-corrected chi connectivity index (χ4v) is 5.86. The monoisotopic (exact) mass is 490 g/mol. The topological polar surface area (TPSA) is 52.4 Å². The summed E-state index contributed by atoms with van der Waals surface area (Å²) in [6, 6.07) is 16.1. The molecular formula is C29H32F2N4O. The van der Waals surface area contributed by atoms with Crippen LogP contribution in [0.1, 0.15) is 32.3 Å². The molecule has 2 aliphatic heterocycles. The van der Waals surface area contributed by atoms with E-state index in [2.05, 4.69) is 15.9 Å². The number of ether oxygens (including phenoxy) is 1. The normalized spacial score (nSPS) is 22.9. The summed E-state index contributed by atoms with van der Waals surface area (Å²) < 4.78 is 34.6. The SMILES string of the molecule is COc1c(N2CCC(N3CC(C)C(F)(F)C(C)C3)CC2)cnc2c(-c3ccc(C#N)cc3)cccc12. The van der Waals surface area contributed by atoms with Crippen molar-refractivity contribution in [2.24, 2.45) is 11.8 Å². The highest BCUT2D eigenvalue weighted by Crippen LogP contribution is 2.41. The first-order valence-corrected chi connectivity index (χ1v) is 12.7. The third-order valence-corrected chi connectivity index (χ3v) is 8.01. The molecule has 3 heterocycles. The summed E-state index contributed by atoms with van der Waals surface area (Å²) in [6.45, 7) is 5.94. The Morgan fingerprint density at radius 1 is 1.03 bits per heavy atom. The maximum atomic E-state index is 14.3. The first kappa shape index (κ1) is 24.5. The van der Waals surface area contributed by atoms with Crippen LogP contribution in [0.2, 0.25) is 0 Å². The van der Waals surface area contributed by atoms with Crippen LogP contribution in [0.3, 0.4) is 0 Å². The van der Waals surface area contributed by atoms with E-state index in [0.717, 1.165) is 59.4 Å². The lowest BCUT2D eigenvalue weighted by atomic mass is 9.85. The quantitative estimate of drug-likeness (QED) is 0.451. The van der Waals surface area contributed by atoms with Gasteiger partial charge in [-0.05, 0) is 36.6 Å². The lowest BCUT2D eigenvalue weighted by Crippen LogP contribution is -2.56. The number of hydrogen-bond donors (Lipinski definition) is 0. The minimum atomic E-state index is -2.59. The number of hydrogen-bond acceptors (Lipinski definition) is 5. The molecule has 188 valence electrons. The second kappa shape index (κ2) is 9.67. The van der Waals surface area contributed by atoms with Crippen LogP contribution in [0.15, 0.2) is 48.7 Å². The lowest BCUT2D eigenvalue weighted by Gasteiger charge is -2.47. The smallest absolute Gasteiger partial charge is 0.255 e. The number of piperidine rings is 2. The van der Waals surface area contributed by atoms with E-state index in [1.807, 2.05) is 48.7 Å². The summed E-state index contributed by atoms with van der Waals surface area (Å²) in [5, 5.41) is 10.1. The molecule has 2 unspecified atom stereocenters. The van der Waals surface area contributed by atoms with Gasteiger partial charge in [-0.25, -0.2) is 8.78 Å². The molecule has 7 heteroatoms. The zero-order valence-corrected chi connectivity index (χ0v) is 21.0. The number of aromatic nitrogens is 1. The number of anilines is 1. The van der Waals surface area contributed by atoms with Crippen LogP contribution in [0.25, 0.3) is 22.0 Å². The van der Waals surface area contributed by atoms with E-state index in [1.165, 1.54) is 0 Å². The molecule has 2 atom stereocenters. The Morgan fingerprint density at radius 2 is 1.69 bits per heavy atom. The Bertz CT molecular complexity index is 1260. The summed E-state index contributed by atoms with van der Waals surface area (Å²) in [7, 11) is 1.69. The number of para-hydroxylation sites is 1. The zero-order valence-electron chi connectivity index (χ0n) is 21.0. The molecule has 2 saturated heterocycles. The first-order valence-electron chi connectivity index (χ1n) is 12.7.